The Bertz CT molecular complexity index is 442. The van der Waals surface area contributed by atoms with Crippen LogP contribution in [-0.4, -0.2) is 43.8 Å². The van der Waals surface area contributed by atoms with E-state index in [1.54, 1.807) is 0 Å². The zero-order valence-electron chi connectivity index (χ0n) is 12.0. The van der Waals surface area contributed by atoms with Gasteiger partial charge in [0.15, 0.2) is 0 Å². The van der Waals surface area contributed by atoms with Crippen LogP contribution in [0.5, 0.6) is 0 Å². The Morgan fingerprint density at radius 2 is 2.10 bits per heavy atom. The van der Waals surface area contributed by atoms with Crippen molar-refractivity contribution in [2.75, 3.05) is 26.7 Å². The summed E-state index contributed by atoms with van der Waals surface area (Å²) in [5.74, 6) is 0. The third-order valence-electron chi connectivity index (χ3n) is 4.45. The number of fused-ring (bicyclic) bond motifs is 2. The number of benzene rings is 1. The molecule has 2 aliphatic rings. The van der Waals surface area contributed by atoms with Gasteiger partial charge in [-0.05, 0) is 44.0 Å². The second-order valence-electron chi connectivity index (χ2n) is 5.90. The van der Waals surface area contributed by atoms with E-state index in [-0.39, 0.29) is 0 Å². The standard InChI is InChI=1S/C16H23ClN2O/c1-18-16(12-3-2-4-13(17)9-12)7-8-19-10-14-5-6-15(11-19)20-14/h2-4,9,14-16,18H,5-8,10-11H2,1H3. The number of hydrogen-bond acceptors (Lipinski definition) is 3. The lowest BCUT2D eigenvalue weighted by Crippen LogP contribution is -2.43. The van der Waals surface area contributed by atoms with Crippen LogP contribution in [-0.2, 0) is 4.74 Å². The molecule has 0 spiro atoms. The number of nitrogens with zero attached hydrogens (tertiary/aromatic N) is 1. The quantitative estimate of drug-likeness (QED) is 0.904. The molecule has 0 aromatic heterocycles. The number of morpholine rings is 1. The van der Waals surface area contributed by atoms with Crippen LogP contribution in [0.1, 0.15) is 30.9 Å². The predicted molar refractivity (Wildman–Crippen MR) is 82.2 cm³/mol. The first-order valence-electron chi connectivity index (χ1n) is 7.55. The molecule has 3 atom stereocenters. The van der Waals surface area contributed by atoms with Gasteiger partial charge >= 0.3 is 0 Å². The van der Waals surface area contributed by atoms with Crippen molar-refractivity contribution in [2.45, 2.75) is 37.5 Å². The monoisotopic (exact) mass is 294 g/mol. The zero-order chi connectivity index (χ0) is 13.9. The van der Waals surface area contributed by atoms with Crippen molar-refractivity contribution < 1.29 is 4.74 Å². The van der Waals surface area contributed by atoms with Gasteiger partial charge in [0.25, 0.3) is 0 Å². The summed E-state index contributed by atoms with van der Waals surface area (Å²) in [7, 11) is 2.02. The molecular weight excluding hydrogens is 272 g/mol. The highest BCUT2D eigenvalue weighted by Gasteiger charge is 2.33. The lowest BCUT2D eigenvalue weighted by Gasteiger charge is -2.33. The van der Waals surface area contributed by atoms with Gasteiger partial charge in [0.1, 0.15) is 0 Å². The molecule has 110 valence electrons. The normalized spacial score (nSPS) is 27.7. The van der Waals surface area contributed by atoms with E-state index in [4.69, 9.17) is 16.3 Å². The maximum absolute atomic E-state index is 6.09. The fraction of sp³-hybridized carbons (Fsp3) is 0.625. The molecule has 3 rings (SSSR count). The lowest BCUT2D eigenvalue weighted by atomic mass is 10.0. The van der Waals surface area contributed by atoms with Crippen LogP contribution in [0.15, 0.2) is 24.3 Å². The first-order chi connectivity index (χ1) is 9.74. The summed E-state index contributed by atoms with van der Waals surface area (Å²) in [6, 6.07) is 8.53. The molecule has 2 saturated heterocycles. The highest BCUT2D eigenvalue weighted by Crippen LogP contribution is 2.27. The molecule has 3 nitrogen and oxygen atoms in total. The minimum Gasteiger partial charge on any atom is -0.372 e. The predicted octanol–water partition coefficient (Wildman–Crippen LogP) is 2.85. The fourth-order valence-corrected chi connectivity index (χ4v) is 3.59. The molecule has 0 aliphatic carbocycles. The Morgan fingerprint density at radius 1 is 1.35 bits per heavy atom. The van der Waals surface area contributed by atoms with Crippen LogP contribution >= 0.6 is 11.6 Å². The van der Waals surface area contributed by atoms with Crippen LogP contribution in [0.2, 0.25) is 5.02 Å². The lowest BCUT2D eigenvalue weighted by molar-refractivity contribution is -0.0390. The third kappa shape index (κ3) is 3.34. The molecular formula is C16H23ClN2O. The fourth-order valence-electron chi connectivity index (χ4n) is 3.39. The van der Waals surface area contributed by atoms with Crippen LogP contribution < -0.4 is 5.32 Å². The summed E-state index contributed by atoms with van der Waals surface area (Å²) < 4.78 is 5.89. The molecule has 1 N–H and O–H groups in total. The molecule has 0 amide bonds. The molecule has 0 radical (unpaired) electrons. The van der Waals surface area contributed by atoms with Gasteiger partial charge in [-0.2, -0.15) is 0 Å². The van der Waals surface area contributed by atoms with E-state index < -0.39 is 0 Å². The summed E-state index contributed by atoms with van der Waals surface area (Å²) in [6.45, 7) is 3.32. The van der Waals surface area contributed by atoms with Crippen molar-refractivity contribution in [2.24, 2.45) is 0 Å². The molecule has 2 fully saturated rings. The Labute approximate surface area is 126 Å². The number of rotatable bonds is 5. The second kappa shape index (κ2) is 6.44. The molecule has 0 saturated carbocycles. The van der Waals surface area contributed by atoms with Gasteiger partial charge in [0, 0.05) is 30.7 Å². The number of halogens is 1. The number of nitrogens with one attached hydrogen (secondary N) is 1. The van der Waals surface area contributed by atoms with Gasteiger partial charge in [-0.25, -0.2) is 0 Å². The Balaban J connectivity index is 1.56. The summed E-state index contributed by atoms with van der Waals surface area (Å²) in [4.78, 5) is 2.56. The highest BCUT2D eigenvalue weighted by atomic mass is 35.5. The number of likely N-dealkylation sites (tertiary alicyclic amines) is 1. The van der Waals surface area contributed by atoms with E-state index in [1.807, 2.05) is 19.2 Å². The Morgan fingerprint density at radius 3 is 2.75 bits per heavy atom. The van der Waals surface area contributed by atoms with Crippen molar-refractivity contribution in [1.82, 2.24) is 10.2 Å². The van der Waals surface area contributed by atoms with E-state index in [0.29, 0.717) is 18.2 Å². The van der Waals surface area contributed by atoms with Crippen molar-refractivity contribution in [3.8, 4) is 0 Å². The molecule has 1 aromatic carbocycles. The minimum atomic E-state index is 0.370. The van der Waals surface area contributed by atoms with Gasteiger partial charge < -0.3 is 10.1 Å². The van der Waals surface area contributed by atoms with Crippen LogP contribution in [0, 0.1) is 0 Å². The minimum absolute atomic E-state index is 0.370. The first kappa shape index (κ1) is 14.3. The van der Waals surface area contributed by atoms with Crippen molar-refractivity contribution in [3.05, 3.63) is 34.9 Å². The van der Waals surface area contributed by atoms with E-state index in [9.17, 15) is 0 Å². The molecule has 20 heavy (non-hydrogen) atoms. The van der Waals surface area contributed by atoms with E-state index in [1.165, 1.54) is 18.4 Å². The van der Waals surface area contributed by atoms with Crippen molar-refractivity contribution >= 4 is 11.6 Å². The SMILES string of the molecule is CNC(CCN1CC2CCC(C1)O2)c1cccc(Cl)c1. The topological polar surface area (TPSA) is 24.5 Å². The van der Waals surface area contributed by atoms with Crippen LogP contribution in [0.3, 0.4) is 0 Å². The zero-order valence-corrected chi connectivity index (χ0v) is 12.8. The Kier molecular flexibility index (Phi) is 4.61. The number of hydrogen-bond donors (Lipinski definition) is 1. The van der Waals surface area contributed by atoms with Gasteiger partial charge in [-0.15, -0.1) is 0 Å². The smallest absolute Gasteiger partial charge is 0.0707 e. The summed E-state index contributed by atoms with van der Waals surface area (Å²) >= 11 is 6.09. The molecule has 3 unspecified atom stereocenters. The Hall–Kier alpha value is -0.610. The third-order valence-corrected chi connectivity index (χ3v) is 4.69. The summed E-state index contributed by atoms with van der Waals surface area (Å²) in [5, 5.41) is 4.22. The van der Waals surface area contributed by atoms with E-state index in [0.717, 1.165) is 31.1 Å². The maximum Gasteiger partial charge on any atom is 0.0707 e. The first-order valence-corrected chi connectivity index (χ1v) is 7.93. The summed E-state index contributed by atoms with van der Waals surface area (Å²) in [6.07, 6.45) is 4.55. The second-order valence-corrected chi connectivity index (χ2v) is 6.34. The molecule has 2 aliphatic heterocycles. The van der Waals surface area contributed by atoms with E-state index in [2.05, 4.69) is 22.3 Å². The molecule has 1 aromatic rings. The average molecular weight is 295 g/mol. The molecule has 4 heteroatoms. The van der Waals surface area contributed by atoms with Crippen molar-refractivity contribution in [1.29, 1.82) is 0 Å². The van der Waals surface area contributed by atoms with Gasteiger partial charge in [-0.1, -0.05) is 23.7 Å². The van der Waals surface area contributed by atoms with E-state index >= 15 is 0 Å². The maximum atomic E-state index is 6.09. The van der Waals surface area contributed by atoms with Crippen LogP contribution in [0.25, 0.3) is 0 Å². The molecule has 2 heterocycles. The number of ether oxygens (including phenoxy) is 1. The average Bonchev–Trinajstić information content (AvgIpc) is 2.79. The molecule has 2 bridgehead atoms. The van der Waals surface area contributed by atoms with Crippen LogP contribution in [0.4, 0.5) is 0 Å². The van der Waals surface area contributed by atoms with Crippen molar-refractivity contribution in [3.63, 3.8) is 0 Å². The highest BCUT2D eigenvalue weighted by molar-refractivity contribution is 6.30. The summed E-state index contributed by atoms with van der Waals surface area (Å²) in [5.41, 5.74) is 1.27. The van der Waals surface area contributed by atoms with Gasteiger partial charge in [0.2, 0.25) is 0 Å². The largest absolute Gasteiger partial charge is 0.372 e. The van der Waals surface area contributed by atoms with Gasteiger partial charge in [0.05, 0.1) is 12.2 Å². The van der Waals surface area contributed by atoms with Gasteiger partial charge in [-0.3, -0.25) is 4.90 Å².